The average molecular weight is 297 g/mol. The Morgan fingerprint density at radius 3 is 2.75 bits per heavy atom. The molecule has 0 fully saturated rings. The van der Waals surface area contributed by atoms with E-state index in [9.17, 15) is 0 Å². The second kappa shape index (κ2) is 5.57. The zero-order chi connectivity index (χ0) is 11.4. The molecule has 2 nitrogen and oxygen atoms in total. The van der Waals surface area contributed by atoms with Gasteiger partial charge in [-0.3, -0.25) is 0 Å². The molecule has 0 aliphatic rings. The number of benzene rings is 1. The molecule has 1 aromatic heterocycles. The standard InChI is InChI=1S/C12H13BrN2S/c1-9(10-2-4-11(13)5-3-10)14-6-12-7-16-8-15-12/h2-5,7-9,14H,6H2,1H3. The Morgan fingerprint density at radius 1 is 1.38 bits per heavy atom. The van der Waals surface area contributed by atoms with Gasteiger partial charge in [-0.25, -0.2) is 4.98 Å². The zero-order valence-electron chi connectivity index (χ0n) is 8.98. The molecule has 1 N–H and O–H groups in total. The van der Waals surface area contributed by atoms with Crippen LogP contribution in [-0.2, 0) is 6.54 Å². The number of aromatic nitrogens is 1. The molecule has 4 heteroatoms. The molecule has 0 saturated heterocycles. The summed E-state index contributed by atoms with van der Waals surface area (Å²) in [5.74, 6) is 0. The van der Waals surface area contributed by atoms with Gasteiger partial charge in [0.2, 0.25) is 0 Å². The van der Waals surface area contributed by atoms with Crippen molar-refractivity contribution in [3.63, 3.8) is 0 Å². The van der Waals surface area contributed by atoms with Crippen LogP contribution in [0.3, 0.4) is 0 Å². The van der Waals surface area contributed by atoms with E-state index in [2.05, 4.69) is 62.8 Å². The summed E-state index contributed by atoms with van der Waals surface area (Å²) in [6.45, 7) is 2.98. The van der Waals surface area contributed by atoms with Gasteiger partial charge in [0.05, 0.1) is 11.2 Å². The number of rotatable bonds is 4. The van der Waals surface area contributed by atoms with Crippen molar-refractivity contribution in [1.29, 1.82) is 0 Å². The largest absolute Gasteiger partial charge is 0.305 e. The molecule has 1 unspecified atom stereocenters. The normalized spacial score (nSPS) is 12.6. The zero-order valence-corrected chi connectivity index (χ0v) is 11.4. The lowest BCUT2D eigenvalue weighted by Crippen LogP contribution is -2.18. The summed E-state index contributed by atoms with van der Waals surface area (Å²) in [5.41, 5.74) is 4.26. The molecule has 1 heterocycles. The van der Waals surface area contributed by atoms with Crippen LogP contribution in [0.4, 0.5) is 0 Å². The monoisotopic (exact) mass is 296 g/mol. The molecule has 0 aliphatic heterocycles. The van der Waals surface area contributed by atoms with Gasteiger partial charge in [-0.1, -0.05) is 28.1 Å². The minimum Gasteiger partial charge on any atom is -0.305 e. The van der Waals surface area contributed by atoms with Crippen LogP contribution in [0.5, 0.6) is 0 Å². The fourth-order valence-electron chi connectivity index (χ4n) is 1.45. The maximum Gasteiger partial charge on any atom is 0.0795 e. The molecule has 1 aromatic carbocycles. The minimum atomic E-state index is 0.342. The van der Waals surface area contributed by atoms with Crippen LogP contribution in [0.15, 0.2) is 39.6 Å². The van der Waals surface area contributed by atoms with Crippen LogP contribution in [0.2, 0.25) is 0 Å². The van der Waals surface area contributed by atoms with E-state index in [1.54, 1.807) is 11.3 Å². The first-order chi connectivity index (χ1) is 7.75. The third kappa shape index (κ3) is 3.14. The fraction of sp³-hybridized carbons (Fsp3) is 0.250. The molecule has 0 aliphatic carbocycles. The van der Waals surface area contributed by atoms with Crippen molar-refractivity contribution in [3.8, 4) is 0 Å². The quantitative estimate of drug-likeness (QED) is 0.929. The molecule has 1 atom stereocenters. The molecule has 0 saturated carbocycles. The summed E-state index contributed by atoms with van der Waals surface area (Å²) in [6.07, 6.45) is 0. The van der Waals surface area contributed by atoms with E-state index in [1.807, 2.05) is 5.51 Å². The Balaban J connectivity index is 1.93. The van der Waals surface area contributed by atoms with Gasteiger partial charge in [0.15, 0.2) is 0 Å². The van der Waals surface area contributed by atoms with Crippen LogP contribution in [-0.4, -0.2) is 4.98 Å². The van der Waals surface area contributed by atoms with Crippen LogP contribution >= 0.6 is 27.3 Å². The molecule has 2 rings (SSSR count). The summed E-state index contributed by atoms with van der Waals surface area (Å²) in [5, 5.41) is 5.52. The van der Waals surface area contributed by atoms with Gasteiger partial charge in [0.1, 0.15) is 0 Å². The van der Waals surface area contributed by atoms with Crippen LogP contribution < -0.4 is 5.32 Å². The van der Waals surface area contributed by atoms with Crippen molar-refractivity contribution >= 4 is 27.3 Å². The second-order valence-electron chi connectivity index (χ2n) is 3.63. The lowest BCUT2D eigenvalue weighted by Gasteiger charge is -2.13. The molecule has 2 aromatic rings. The smallest absolute Gasteiger partial charge is 0.0795 e. The van der Waals surface area contributed by atoms with Crippen LogP contribution in [0, 0.1) is 0 Å². The van der Waals surface area contributed by atoms with Gasteiger partial charge < -0.3 is 5.32 Å². The highest BCUT2D eigenvalue weighted by molar-refractivity contribution is 9.10. The van der Waals surface area contributed by atoms with Crippen molar-refractivity contribution in [1.82, 2.24) is 10.3 Å². The van der Waals surface area contributed by atoms with E-state index < -0.39 is 0 Å². The van der Waals surface area contributed by atoms with Crippen molar-refractivity contribution in [2.45, 2.75) is 19.5 Å². The number of thiazole rings is 1. The molecule has 16 heavy (non-hydrogen) atoms. The summed E-state index contributed by atoms with van der Waals surface area (Å²) >= 11 is 5.07. The van der Waals surface area contributed by atoms with Gasteiger partial charge in [-0.05, 0) is 24.6 Å². The lowest BCUT2D eigenvalue weighted by molar-refractivity contribution is 0.569. The highest BCUT2D eigenvalue weighted by atomic mass is 79.9. The Bertz CT molecular complexity index is 425. The van der Waals surface area contributed by atoms with Gasteiger partial charge in [-0.15, -0.1) is 11.3 Å². The predicted molar refractivity (Wildman–Crippen MR) is 71.5 cm³/mol. The summed E-state index contributed by atoms with van der Waals surface area (Å²) in [6, 6.07) is 8.73. The van der Waals surface area contributed by atoms with E-state index in [1.165, 1.54) is 5.56 Å². The van der Waals surface area contributed by atoms with E-state index in [0.717, 1.165) is 16.7 Å². The van der Waals surface area contributed by atoms with E-state index in [4.69, 9.17) is 0 Å². The molecule has 84 valence electrons. The molecule has 0 radical (unpaired) electrons. The highest BCUT2D eigenvalue weighted by Gasteiger charge is 2.04. The summed E-state index contributed by atoms with van der Waals surface area (Å²) in [4.78, 5) is 4.24. The first-order valence-electron chi connectivity index (χ1n) is 5.11. The Hall–Kier alpha value is -0.710. The Labute approximate surface area is 108 Å². The Kier molecular flexibility index (Phi) is 4.09. The van der Waals surface area contributed by atoms with E-state index >= 15 is 0 Å². The van der Waals surface area contributed by atoms with Gasteiger partial charge >= 0.3 is 0 Å². The number of hydrogen-bond donors (Lipinski definition) is 1. The third-order valence-electron chi connectivity index (χ3n) is 2.44. The maximum absolute atomic E-state index is 4.24. The first kappa shape index (κ1) is 11.8. The number of hydrogen-bond acceptors (Lipinski definition) is 3. The summed E-state index contributed by atoms with van der Waals surface area (Å²) < 4.78 is 1.11. The van der Waals surface area contributed by atoms with E-state index in [0.29, 0.717) is 6.04 Å². The second-order valence-corrected chi connectivity index (χ2v) is 5.27. The molecular formula is C12H13BrN2S. The van der Waals surface area contributed by atoms with Crippen LogP contribution in [0.25, 0.3) is 0 Å². The summed E-state index contributed by atoms with van der Waals surface area (Å²) in [7, 11) is 0. The fourth-order valence-corrected chi connectivity index (χ4v) is 2.27. The first-order valence-corrected chi connectivity index (χ1v) is 6.85. The van der Waals surface area contributed by atoms with Gasteiger partial charge in [0, 0.05) is 22.4 Å². The third-order valence-corrected chi connectivity index (χ3v) is 3.61. The van der Waals surface area contributed by atoms with Crippen molar-refractivity contribution < 1.29 is 0 Å². The van der Waals surface area contributed by atoms with Gasteiger partial charge in [-0.2, -0.15) is 0 Å². The van der Waals surface area contributed by atoms with Gasteiger partial charge in [0.25, 0.3) is 0 Å². The average Bonchev–Trinajstić information content (AvgIpc) is 2.80. The molecular weight excluding hydrogens is 284 g/mol. The number of nitrogens with zero attached hydrogens (tertiary/aromatic N) is 1. The molecule has 0 amide bonds. The lowest BCUT2D eigenvalue weighted by atomic mass is 10.1. The molecule has 0 bridgehead atoms. The minimum absolute atomic E-state index is 0.342. The predicted octanol–water partition coefficient (Wildman–Crippen LogP) is 3.76. The van der Waals surface area contributed by atoms with Crippen molar-refractivity contribution in [3.05, 3.63) is 50.9 Å². The Morgan fingerprint density at radius 2 is 2.12 bits per heavy atom. The van der Waals surface area contributed by atoms with Crippen molar-refractivity contribution in [2.75, 3.05) is 0 Å². The topological polar surface area (TPSA) is 24.9 Å². The van der Waals surface area contributed by atoms with Crippen LogP contribution in [0.1, 0.15) is 24.2 Å². The highest BCUT2D eigenvalue weighted by Crippen LogP contribution is 2.16. The number of nitrogens with one attached hydrogen (secondary N) is 1. The van der Waals surface area contributed by atoms with Crippen molar-refractivity contribution in [2.24, 2.45) is 0 Å². The maximum atomic E-state index is 4.24. The SMILES string of the molecule is CC(NCc1cscn1)c1ccc(Br)cc1. The number of halogens is 1. The molecule has 0 spiro atoms. The van der Waals surface area contributed by atoms with E-state index in [-0.39, 0.29) is 0 Å².